The van der Waals surface area contributed by atoms with Crippen LogP contribution in [0, 0.1) is 23.0 Å². The first-order valence-corrected chi connectivity index (χ1v) is 8.27. The van der Waals surface area contributed by atoms with E-state index in [1.54, 1.807) is 6.07 Å². The van der Waals surface area contributed by atoms with Gasteiger partial charge in [-0.15, -0.1) is 0 Å². The Kier molecular flexibility index (Phi) is 6.67. The number of hydrogen-bond donors (Lipinski definition) is 1. The van der Waals surface area contributed by atoms with Gasteiger partial charge in [0.2, 0.25) is 5.91 Å². The van der Waals surface area contributed by atoms with E-state index in [0.29, 0.717) is 17.7 Å². The summed E-state index contributed by atoms with van der Waals surface area (Å²) in [5.74, 6) is -1.02. The maximum atomic E-state index is 13.7. The van der Waals surface area contributed by atoms with E-state index in [1.807, 2.05) is 24.3 Å². The number of nitrogens with one attached hydrogen (secondary N) is 1. The monoisotopic (exact) mass is 358 g/mol. The SMILES string of the molecule is CC(C)c1ccc(OCCC(=O)NC(C#N)c2ccc(F)cc2F)cc1. The fourth-order valence-electron chi connectivity index (χ4n) is 2.36. The number of carbonyl (C=O) groups is 1. The van der Waals surface area contributed by atoms with Crippen LogP contribution in [0.4, 0.5) is 8.78 Å². The molecule has 1 amide bonds. The van der Waals surface area contributed by atoms with E-state index >= 15 is 0 Å². The standard InChI is InChI=1S/C20H20F2N2O2/c1-13(2)14-3-6-16(7-4-14)26-10-9-20(25)24-19(12-23)17-8-5-15(21)11-18(17)22/h3-8,11,13,19H,9-10H2,1-2H3,(H,24,25). The van der Waals surface area contributed by atoms with Crippen LogP contribution in [-0.4, -0.2) is 12.5 Å². The van der Waals surface area contributed by atoms with Crippen LogP contribution >= 0.6 is 0 Å². The summed E-state index contributed by atoms with van der Waals surface area (Å²) in [6.07, 6.45) is 0.00687. The number of ether oxygens (including phenoxy) is 1. The first-order valence-electron chi connectivity index (χ1n) is 8.27. The topological polar surface area (TPSA) is 62.1 Å². The highest BCUT2D eigenvalue weighted by molar-refractivity contribution is 5.77. The zero-order valence-corrected chi connectivity index (χ0v) is 14.6. The van der Waals surface area contributed by atoms with Crippen molar-refractivity contribution in [3.63, 3.8) is 0 Å². The van der Waals surface area contributed by atoms with Gasteiger partial charge in [0, 0.05) is 11.6 Å². The predicted octanol–water partition coefficient (Wildman–Crippen LogP) is 4.24. The number of rotatable bonds is 7. The zero-order chi connectivity index (χ0) is 19.1. The maximum absolute atomic E-state index is 13.7. The lowest BCUT2D eigenvalue weighted by Gasteiger charge is -2.13. The van der Waals surface area contributed by atoms with E-state index in [0.717, 1.165) is 12.1 Å². The van der Waals surface area contributed by atoms with Crippen molar-refractivity contribution < 1.29 is 18.3 Å². The van der Waals surface area contributed by atoms with Crippen LogP contribution in [-0.2, 0) is 4.79 Å². The van der Waals surface area contributed by atoms with Gasteiger partial charge < -0.3 is 10.1 Å². The van der Waals surface area contributed by atoms with E-state index in [4.69, 9.17) is 10.00 Å². The van der Waals surface area contributed by atoms with Gasteiger partial charge in [0.05, 0.1) is 19.1 Å². The van der Waals surface area contributed by atoms with Gasteiger partial charge in [-0.25, -0.2) is 8.78 Å². The highest BCUT2D eigenvalue weighted by Crippen LogP contribution is 2.19. The van der Waals surface area contributed by atoms with Crippen molar-refractivity contribution in [3.8, 4) is 11.8 Å². The number of nitriles is 1. The molecule has 0 aliphatic heterocycles. The van der Waals surface area contributed by atoms with Gasteiger partial charge in [0.1, 0.15) is 23.4 Å². The van der Waals surface area contributed by atoms with Crippen molar-refractivity contribution in [2.45, 2.75) is 32.2 Å². The average Bonchev–Trinajstić information content (AvgIpc) is 2.60. The highest BCUT2D eigenvalue weighted by Gasteiger charge is 2.18. The minimum atomic E-state index is -1.19. The van der Waals surface area contributed by atoms with Gasteiger partial charge in [-0.1, -0.05) is 32.0 Å². The normalized spacial score (nSPS) is 11.7. The number of hydrogen-bond acceptors (Lipinski definition) is 3. The van der Waals surface area contributed by atoms with Crippen molar-refractivity contribution in [1.82, 2.24) is 5.32 Å². The molecular weight excluding hydrogens is 338 g/mol. The molecule has 6 heteroatoms. The number of nitrogens with zero attached hydrogens (tertiary/aromatic N) is 1. The molecule has 0 bridgehead atoms. The van der Waals surface area contributed by atoms with Crippen molar-refractivity contribution >= 4 is 5.91 Å². The molecule has 2 aromatic carbocycles. The minimum Gasteiger partial charge on any atom is -0.493 e. The molecule has 0 aliphatic rings. The molecule has 0 heterocycles. The van der Waals surface area contributed by atoms with Gasteiger partial charge in [-0.05, 0) is 29.7 Å². The molecule has 136 valence electrons. The molecule has 1 N–H and O–H groups in total. The second-order valence-electron chi connectivity index (χ2n) is 6.12. The molecular formula is C20H20F2N2O2. The van der Waals surface area contributed by atoms with Crippen LogP contribution in [0.5, 0.6) is 5.75 Å². The summed E-state index contributed by atoms with van der Waals surface area (Å²) in [7, 11) is 0. The Morgan fingerprint density at radius 3 is 2.46 bits per heavy atom. The molecule has 0 aliphatic carbocycles. The summed E-state index contributed by atoms with van der Waals surface area (Å²) in [5, 5.41) is 11.6. The summed E-state index contributed by atoms with van der Waals surface area (Å²) < 4.78 is 32.2. The van der Waals surface area contributed by atoms with Gasteiger partial charge in [0.25, 0.3) is 0 Å². The Bertz CT molecular complexity index is 798. The third kappa shape index (κ3) is 5.28. The fourth-order valence-corrected chi connectivity index (χ4v) is 2.36. The quantitative estimate of drug-likeness (QED) is 0.805. The van der Waals surface area contributed by atoms with Crippen molar-refractivity contribution in [2.24, 2.45) is 0 Å². The Morgan fingerprint density at radius 1 is 1.19 bits per heavy atom. The first kappa shape index (κ1) is 19.4. The lowest BCUT2D eigenvalue weighted by Crippen LogP contribution is -2.29. The van der Waals surface area contributed by atoms with Crippen LogP contribution in [0.1, 0.15) is 43.4 Å². The molecule has 1 atom stereocenters. The first-order chi connectivity index (χ1) is 12.4. The molecule has 0 radical (unpaired) electrons. The van der Waals surface area contributed by atoms with E-state index in [1.165, 1.54) is 5.56 Å². The van der Waals surface area contributed by atoms with Gasteiger partial charge in [0.15, 0.2) is 0 Å². The van der Waals surface area contributed by atoms with E-state index in [2.05, 4.69) is 19.2 Å². The van der Waals surface area contributed by atoms with Gasteiger partial charge in [-0.3, -0.25) is 4.79 Å². The molecule has 4 nitrogen and oxygen atoms in total. The molecule has 2 rings (SSSR count). The lowest BCUT2D eigenvalue weighted by molar-refractivity contribution is -0.122. The van der Waals surface area contributed by atoms with Crippen molar-refractivity contribution in [1.29, 1.82) is 5.26 Å². The Labute approximate surface area is 151 Å². The number of amides is 1. The lowest BCUT2D eigenvalue weighted by atomic mass is 10.0. The number of carbonyl (C=O) groups excluding carboxylic acids is 1. The van der Waals surface area contributed by atoms with E-state index in [-0.39, 0.29) is 18.6 Å². The third-order valence-electron chi connectivity index (χ3n) is 3.85. The number of halogens is 2. The van der Waals surface area contributed by atoms with Gasteiger partial charge in [-0.2, -0.15) is 5.26 Å². The zero-order valence-electron chi connectivity index (χ0n) is 14.6. The molecule has 0 aromatic heterocycles. The largest absolute Gasteiger partial charge is 0.493 e. The summed E-state index contributed by atoms with van der Waals surface area (Å²) in [5.41, 5.74) is 1.11. The van der Waals surface area contributed by atoms with Crippen LogP contribution in [0.2, 0.25) is 0 Å². The smallest absolute Gasteiger partial charge is 0.224 e. The average molecular weight is 358 g/mol. The Morgan fingerprint density at radius 2 is 1.88 bits per heavy atom. The summed E-state index contributed by atoms with van der Waals surface area (Å²) >= 11 is 0. The van der Waals surface area contributed by atoms with Crippen LogP contribution in [0.15, 0.2) is 42.5 Å². The minimum absolute atomic E-state index is 0.00687. The second kappa shape index (κ2) is 8.95. The summed E-state index contributed by atoms with van der Waals surface area (Å²) in [6.45, 7) is 4.31. The molecule has 0 saturated carbocycles. The molecule has 26 heavy (non-hydrogen) atoms. The summed E-state index contributed by atoms with van der Waals surface area (Å²) in [6, 6.07) is 11.1. The predicted molar refractivity (Wildman–Crippen MR) is 93.5 cm³/mol. The van der Waals surface area contributed by atoms with Crippen LogP contribution in [0.3, 0.4) is 0 Å². The van der Waals surface area contributed by atoms with Crippen molar-refractivity contribution in [2.75, 3.05) is 6.61 Å². The molecule has 0 saturated heterocycles. The second-order valence-corrected chi connectivity index (χ2v) is 6.12. The molecule has 1 unspecified atom stereocenters. The van der Waals surface area contributed by atoms with Gasteiger partial charge >= 0.3 is 0 Å². The fraction of sp³-hybridized carbons (Fsp3) is 0.300. The Hall–Kier alpha value is -2.94. The van der Waals surface area contributed by atoms with Crippen molar-refractivity contribution in [3.05, 3.63) is 65.2 Å². The maximum Gasteiger partial charge on any atom is 0.224 e. The molecule has 2 aromatic rings. The summed E-state index contributed by atoms with van der Waals surface area (Å²) in [4.78, 5) is 12.0. The van der Waals surface area contributed by atoms with Crippen LogP contribution in [0.25, 0.3) is 0 Å². The number of benzene rings is 2. The molecule has 0 fully saturated rings. The van der Waals surface area contributed by atoms with Crippen LogP contribution < -0.4 is 10.1 Å². The molecule has 0 spiro atoms. The third-order valence-corrected chi connectivity index (χ3v) is 3.85. The highest BCUT2D eigenvalue weighted by atomic mass is 19.1. The van der Waals surface area contributed by atoms with E-state index in [9.17, 15) is 13.6 Å². The Balaban J connectivity index is 1.86. The van der Waals surface area contributed by atoms with E-state index < -0.39 is 23.6 Å².